The molecule has 0 saturated carbocycles. The van der Waals surface area contributed by atoms with Crippen molar-refractivity contribution in [3.05, 3.63) is 28.8 Å². The number of benzene rings is 1. The Hall–Kier alpha value is -2.08. The molecule has 23 heavy (non-hydrogen) atoms. The molecule has 1 saturated heterocycles. The van der Waals surface area contributed by atoms with Gasteiger partial charge < -0.3 is 15.1 Å². The second-order valence-electron chi connectivity index (χ2n) is 5.57. The molecule has 1 N–H and O–H groups in total. The summed E-state index contributed by atoms with van der Waals surface area (Å²) in [7, 11) is 0. The van der Waals surface area contributed by atoms with Crippen molar-refractivity contribution in [2.75, 3.05) is 31.5 Å². The van der Waals surface area contributed by atoms with Crippen LogP contribution in [0, 0.1) is 6.92 Å². The van der Waals surface area contributed by atoms with E-state index in [1.165, 1.54) is 6.92 Å². The zero-order valence-electron chi connectivity index (χ0n) is 13.3. The third-order valence-electron chi connectivity index (χ3n) is 3.86. The summed E-state index contributed by atoms with van der Waals surface area (Å²) >= 11 is 5.91. The van der Waals surface area contributed by atoms with E-state index in [-0.39, 0.29) is 24.1 Å². The standard InChI is InChI=1S/C16H20ClN3O3/c1-11-3-4-13(17)9-14(11)18-15(22)10-16(23)20-7-5-19(6-8-20)12(2)21/h3-4,9H,5-8,10H2,1-2H3,(H,18,22). The molecule has 0 aromatic heterocycles. The van der Waals surface area contributed by atoms with Crippen LogP contribution in [0.15, 0.2) is 18.2 Å². The number of aryl methyl sites for hydroxylation is 1. The minimum atomic E-state index is -0.366. The molecule has 1 aromatic carbocycles. The first-order valence-electron chi connectivity index (χ1n) is 7.46. The van der Waals surface area contributed by atoms with Gasteiger partial charge >= 0.3 is 0 Å². The number of hydrogen-bond donors (Lipinski definition) is 1. The van der Waals surface area contributed by atoms with Gasteiger partial charge in [-0.3, -0.25) is 14.4 Å². The molecule has 1 aliphatic heterocycles. The second kappa shape index (κ2) is 7.46. The van der Waals surface area contributed by atoms with E-state index in [0.29, 0.717) is 36.9 Å². The van der Waals surface area contributed by atoms with Gasteiger partial charge in [0.15, 0.2) is 0 Å². The van der Waals surface area contributed by atoms with Gasteiger partial charge in [-0.25, -0.2) is 0 Å². The molecule has 0 aliphatic carbocycles. The van der Waals surface area contributed by atoms with E-state index < -0.39 is 0 Å². The summed E-state index contributed by atoms with van der Waals surface area (Å²) in [4.78, 5) is 38.8. The first kappa shape index (κ1) is 17.3. The van der Waals surface area contributed by atoms with Crippen molar-refractivity contribution < 1.29 is 14.4 Å². The van der Waals surface area contributed by atoms with Gasteiger partial charge in [-0.05, 0) is 24.6 Å². The fourth-order valence-corrected chi connectivity index (χ4v) is 2.62. The summed E-state index contributed by atoms with van der Waals surface area (Å²) in [5.41, 5.74) is 1.49. The number of piperazine rings is 1. The number of nitrogens with zero attached hydrogens (tertiary/aromatic N) is 2. The van der Waals surface area contributed by atoms with Gasteiger partial charge in [0.25, 0.3) is 0 Å². The maximum atomic E-state index is 12.2. The van der Waals surface area contributed by atoms with E-state index in [2.05, 4.69) is 5.32 Å². The predicted octanol–water partition coefficient (Wildman–Crippen LogP) is 1.67. The van der Waals surface area contributed by atoms with Gasteiger partial charge in [0, 0.05) is 43.8 Å². The van der Waals surface area contributed by atoms with Gasteiger partial charge in [-0.1, -0.05) is 17.7 Å². The van der Waals surface area contributed by atoms with Crippen LogP contribution in [0.25, 0.3) is 0 Å². The number of amides is 3. The van der Waals surface area contributed by atoms with Crippen LogP contribution in [0.5, 0.6) is 0 Å². The fraction of sp³-hybridized carbons (Fsp3) is 0.438. The van der Waals surface area contributed by atoms with Crippen molar-refractivity contribution in [3.63, 3.8) is 0 Å². The number of carbonyl (C=O) groups is 3. The molecule has 1 aromatic rings. The van der Waals surface area contributed by atoms with Crippen molar-refractivity contribution in [3.8, 4) is 0 Å². The Kier molecular flexibility index (Phi) is 5.60. The zero-order chi connectivity index (χ0) is 17.0. The van der Waals surface area contributed by atoms with Crippen LogP contribution >= 0.6 is 11.6 Å². The predicted molar refractivity (Wildman–Crippen MR) is 88.3 cm³/mol. The lowest BCUT2D eigenvalue weighted by Gasteiger charge is -2.34. The van der Waals surface area contributed by atoms with Crippen molar-refractivity contribution in [1.82, 2.24) is 9.80 Å². The van der Waals surface area contributed by atoms with Crippen LogP contribution in [0.1, 0.15) is 18.9 Å². The number of halogens is 1. The van der Waals surface area contributed by atoms with Crippen LogP contribution in [0.3, 0.4) is 0 Å². The summed E-state index contributed by atoms with van der Waals surface area (Å²) in [6.07, 6.45) is -0.216. The smallest absolute Gasteiger partial charge is 0.233 e. The molecule has 6 nitrogen and oxygen atoms in total. The first-order valence-corrected chi connectivity index (χ1v) is 7.84. The Labute approximate surface area is 140 Å². The van der Waals surface area contributed by atoms with E-state index in [1.807, 2.05) is 6.92 Å². The number of carbonyl (C=O) groups excluding carboxylic acids is 3. The third-order valence-corrected chi connectivity index (χ3v) is 4.10. The molecule has 1 aliphatic rings. The molecule has 124 valence electrons. The summed E-state index contributed by atoms with van der Waals surface area (Å²) in [6, 6.07) is 5.21. The highest BCUT2D eigenvalue weighted by molar-refractivity contribution is 6.31. The summed E-state index contributed by atoms with van der Waals surface area (Å²) in [6.45, 7) is 5.31. The lowest BCUT2D eigenvalue weighted by atomic mass is 10.2. The molecule has 0 spiro atoms. The van der Waals surface area contributed by atoms with Gasteiger partial charge in [-0.2, -0.15) is 0 Å². The highest BCUT2D eigenvalue weighted by Gasteiger charge is 2.23. The molecule has 1 heterocycles. The van der Waals surface area contributed by atoms with Crippen LogP contribution in [0.4, 0.5) is 5.69 Å². The summed E-state index contributed by atoms with van der Waals surface area (Å²) in [5.74, 6) is -0.592. The van der Waals surface area contributed by atoms with Crippen LogP contribution in [-0.2, 0) is 14.4 Å². The van der Waals surface area contributed by atoms with Crippen molar-refractivity contribution in [2.45, 2.75) is 20.3 Å². The van der Waals surface area contributed by atoms with Crippen molar-refractivity contribution in [2.24, 2.45) is 0 Å². The third kappa shape index (κ3) is 4.69. The number of rotatable bonds is 3. The Morgan fingerprint density at radius 2 is 1.74 bits per heavy atom. The molecule has 0 atom stereocenters. The zero-order valence-corrected chi connectivity index (χ0v) is 14.0. The molecule has 0 radical (unpaired) electrons. The van der Waals surface area contributed by atoms with E-state index in [4.69, 9.17) is 11.6 Å². The highest BCUT2D eigenvalue weighted by Crippen LogP contribution is 2.20. The Balaban J connectivity index is 1.87. The number of anilines is 1. The van der Waals surface area contributed by atoms with Crippen molar-refractivity contribution in [1.29, 1.82) is 0 Å². The second-order valence-corrected chi connectivity index (χ2v) is 6.01. The van der Waals surface area contributed by atoms with Crippen LogP contribution in [0.2, 0.25) is 5.02 Å². The fourth-order valence-electron chi connectivity index (χ4n) is 2.44. The van der Waals surface area contributed by atoms with E-state index in [9.17, 15) is 14.4 Å². The van der Waals surface area contributed by atoms with E-state index in [0.717, 1.165) is 5.56 Å². The summed E-state index contributed by atoms with van der Waals surface area (Å²) in [5, 5.41) is 3.24. The minimum absolute atomic E-state index is 0.00581. The maximum absolute atomic E-state index is 12.2. The van der Waals surface area contributed by atoms with Gasteiger partial charge in [-0.15, -0.1) is 0 Å². The molecular weight excluding hydrogens is 318 g/mol. The Morgan fingerprint density at radius 3 is 2.35 bits per heavy atom. The quantitative estimate of drug-likeness (QED) is 0.853. The SMILES string of the molecule is CC(=O)N1CCN(C(=O)CC(=O)Nc2cc(Cl)ccc2C)CC1. The lowest BCUT2D eigenvalue weighted by Crippen LogP contribution is -2.50. The average molecular weight is 338 g/mol. The monoisotopic (exact) mass is 337 g/mol. The van der Waals surface area contributed by atoms with Crippen LogP contribution in [-0.4, -0.2) is 53.7 Å². The van der Waals surface area contributed by atoms with Crippen molar-refractivity contribution >= 4 is 35.0 Å². The molecular formula is C16H20ClN3O3. The topological polar surface area (TPSA) is 69.7 Å². The van der Waals surface area contributed by atoms with Gasteiger partial charge in [0.2, 0.25) is 17.7 Å². The number of hydrogen-bond acceptors (Lipinski definition) is 3. The first-order chi connectivity index (χ1) is 10.9. The summed E-state index contributed by atoms with van der Waals surface area (Å²) < 4.78 is 0. The minimum Gasteiger partial charge on any atom is -0.339 e. The molecule has 3 amide bonds. The van der Waals surface area contributed by atoms with Gasteiger partial charge in [0.05, 0.1) is 0 Å². The van der Waals surface area contributed by atoms with Crippen LogP contribution < -0.4 is 5.32 Å². The molecule has 1 fully saturated rings. The lowest BCUT2D eigenvalue weighted by molar-refractivity contribution is -0.140. The maximum Gasteiger partial charge on any atom is 0.233 e. The molecule has 0 bridgehead atoms. The highest BCUT2D eigenvalue weighted by atomic mass is 35.5. The van der Waals surface area contributed by atoms with E-state index >= 15 is 0 Å². The number of nitrogens with one attached hydrogen (secondary N) is 1. The largest absolute Gasteiger partial charge is 0.339 e. The average Bonchev–Trinajstić information content (AvgIpc) is 2.51. The Morgan fingerprint density at radius 1 is 1.13 bits per heavy atom. The molecule has 0 unspecified atom stereocenters. The van der Waals surface area contributed by atoms with Gasteiger partial charge in [0.1, 0.15) is 6.42 Å². The molecule has 2 rings (SSSR count). The molecule has 7 heteroatoms. The van der Waals surface area contributed by atoms with E-state index in [1.54, 1.807) is 28.0 Å². The normalized spacial score (nSPS) is 14.6. The Bertz CT molecular complexity index is 625.